The highest BCUT2D eigenvalue weighted by Crippen LogP contribution is 2.30. The number of fused-ring (bicyclic) bond motifs is 1. The van der Waals surface area contributed by atoms with Crippen LogP contribution in [-0.4, -0.2) is 26.8 Å². The van der Waals surface area contributed by atoms with Gasteiger partial charge in [-0.15, -0.1) is 0 Å². The Hall–Kier alpha value is -2.81. The number of hydrogen-bond acceptors (Lipinski definition) is 3. The molecule has 0 saturated heterocycles. The van der Waals surface area contributed by atoms with Crippen LogP contribution in [0.25, 0.3) is 10.9 Å². The smallest absolute Gasteiger partial charge is 0.349 e. The lowest BCUT2D eigenvalue weighted by Gasteiger charge is -2.19. The lowest BCUT2D eigenvalue weighted by molar-refractivity contribution is -0.143. The number of alkyl halides is 3. The highest BCUT2D eigenvalue weighted by molar-refractivity contribution is 6.33. The van der Waals surface area contributed by atoms with Gasteiger partial charge in [-0.1, -0.05) is 23.2 Å². The summed E-state index contributed by atoms with van der Waals surface area (Å²) < 4.78 is 42.7. The van der Waals surface area contributed by atoms with Gasteiger partial charge >= 0.3 is 6.18 Å². The molecule has 0 aliphatic heterocycles. The lowest BCUT2D eigenvalue weighted by Crippen LogP contribution is -2.30. The van der Waals surface area contributed by atoms with Gasteiger partial charge in [-0.05, 0) is 19.1 Å². The van der Waals surface area contributed by atoms with Gasteiger partial charge in [-0.2, -0.15) is 18.3 Å². The predicted octanol–water partition coefficient (Wildman–Crippen LogP) is 3.15. The number of carbonyl (C=O) groups is 1. The van der Waals surface area contributed by atoms with E-state index in [2.05, 4.69) is 10.4 Å². The molecule has 0 atom stereocenters. The number of aromatic nitrogens is 3. The van der Waals surface area contributed by atoms with Crippen LogP contribution >= 0.6 is 11.6 Å². The molecule has 0 bridgehead atoms. The summed E-state index contributed by atoms with van der Waals surface area (Å²) in [5.74, 6) is -0.597. The van der Waals surface area contributed by atoms with Crippen LogP contribution in [0.4, 0.5) is 13.2 Å². The van der Waals surface area contributed by atoms with E-state index in [9.17, 15) is 22.8 Å². The SMILES string of the molecule is Cc1ccc2c(c1)c(=O)cc(C(F)(F)F)n2CCNC(=O)c1nn(C)cc1Cl. The molecule has 28 heavy (non-hydrogen) atoms. The van der Waals surface area contributed by atoms with E-state index in [1.54, 1.807) is 26.1 Å². The number of carbonyl (C=O) groups excluding carboxylic acids is 1. The average Bonchev–Trinajstić information content (AvgIpc) is 2.94. The van der Waals surface area contributed by atoms with Gasteiger partial charge < -0.3 is 9.88 Å². The molecular formula is C18H16ClF3N4O2. The summed E-state index contributed by atoms with van der Waals surface area (Å²) in [6.07, 6.45) is -3.28. The van der Waals surface area contributed by atoms with Crippen molar-refractivity contribution in [2.45, 2.75) is 19.6 Å². The number of benzene rings is 1. The molecule has 0 aliphatic rings. The molecule has 3 aromatic rings. The van der Waals surface area contributed by atoms with Gasteiger partial charge in [0.15, 0.2) is 11.1 Å². The fraction of sp³-hybridized carbons (Fsp3) is 0.278. The van der Waals surface area contributed by atoms with Crippen LogP contribution < -0.4 is 10.7 Å². The first kappa shape index (κ1) is 19.9. The van der Waals surface area contributed by atoms with Crippen molar-refractivity contribution in [3.05, 3.63) is 62.7 Å². The Morgan fingerprint density at radius 2 is 2.00 bits per heavy atom. The van der Waals surface area contributed by atoms with E-state index < -0.39 is 23.2 Å². The van der Waals surface area contributed by atoms with Crippen LogP contribution in [0.5, 0.6) is 0 Å². The van der Waals surface area contributed by atoms with Crippen molar-refractivity contribution in [1.82, 2.24) is 19.7 Å². The van der Waals surface area contributed by atoms with Crippen LogP contribution in [0.1, 0.15) is 21.7 Å². The zero-order valence-electron chi connectivity index (χ0n) is 15.0. The molecule has 10 heteroatoms. The monoisotopic (exact) mass is 412 g/mol. The maximum absolute atomic E-state index is 13.5. The summed E-state index contributed by atoms with van der Waals surface area (Å²) in [5.41, 5.74) is -0.879. The lowest BCUT2D eigenvalue weighted by atomic mass is 10.1. The molecule has 0 saturated carbocycles. The molecule has 2 heterocycles. The molecule has 0 aliphatic carbocycles. The summed E-state index contributed by atoms with van der Waals surface area (Å²) in [6.45, 7) is 1.45. The van der Waals surface area contributed by atoms with Gasteiger partial charge in [-0.3, -0.25) is 14.3 Å². The van der Waals surface area contributed by atoms with Crippen molar-refractivity contribution >= 4 is 28.4 Å². The predicted molar refractivity (Wildman–Crippen MR) is 98.5 cm³/mol. The molecular weight excluding hydrogens is 397 g/mol. The van der Waals surface area contributed by atoms with Crippen LogP contribution in [-0.2, 0) is 19.8 Å². The van der Waals surface area contributed by atoms with E-state index >= 15 is 0 Å². The van der Waals surface area contributed by atoms with Crippen molar-refractivity contribution in [3.63, 3.8) is 0 Å². The van der Waals surface area contributed by atoms with Crippen LogP contribution in [0.2, 0.25) is 5.02 Å². The molecule has 0 spiro atoms. The molecule has 0 unspecified atom stereocenters. The van der Waals surface area contributed by atoms with Gasteiger partial charge in [0.2, 0.25) is 0 Å². The molecule has 1 amide bonds. The number of nitrogens with one attached hydrogen (secondary N) is 1. The zero-order valence-corrected chi connectivity index (χ0v) is 15.7. The summed E-state index contributed by atoms with van der Waals surface area (Å²) in [5, 5.41) is 6.74. The molecule has 1 aromatic carbocycles. The molecule has 1 N–H and O–H groups in total. The maximum Gasteiger partial charge on any atom is 0.431 e. The Bertz CT molecular complexity index is 1120. The third kappa shape index (κ3) is 3.89. The van der Waals surface area contributed by atoms with Crippen LogP contribution in [0.3, 0.4) is 0 Å². The first-order valence-corrected chi connectivity index (χ1v) is 8.64. The Morgan fingerprint density at radius 3 is 2.61 bits per heavy atom. The largest absolute Gasteiger partial charge is 0.431 e. The summed E-state index contributed by atoms with van der Waals surface area (Å²) in [4.78, 5) is 24.3. The van der Waals surface area contributed by atoms with Crippen LogP contribution in [0, 0.1) is 6.92 Å². The maximum atomic E-state index is 13.5. The summed E-state index contributed by atoms with van der Waals surface area (Å²) in [6, 6.07) is 5.23. The number of pyridine rings is 1. The van der Waals surface area contributed by atoms with E-state index in [0.717, 1.165) is 10.1 Å². The minimum absolute atomic E-state index is 0.0133. The Morgan fingerprint density at radius 1 is 1.29 bits per heavy atom. The van der Waals surface area contributed by atoms with Crippen molar-refractivity contribution in [3.8, 4) is 0 Å². The third-order valence-corrected chi connectivity index (χ3v) is 4.45. The standard InChI is InChI=1S/C18H16ClF3N4O2/c1-10-3-4-13-11(7-10)14(27)8-15(18(20,21)22)26(13)6-5-23-17(28)16-12(19)9-25(2)24-16/h3-4,7-9H,5-6H2,1-2H3,(H,23,28). The van der Waals surface area contributed by atoms with E-state index in [1.165, 1.54) is 16.9 Å². The number of nitrogens with zero attached hydrogens (tertiary/aromatic N) is 3. The number of aryl methyl sites for hydroxylation is 2. The minimum Gasteiger partial charge on any atom is -0.349 e. The highest BCUT2D eigenvalue weighted by atomic mass is 35.5. The fourth-order valence-electron chi connectivity index (χ4n) is 2.95. The van der Waals surface area contributed by atoms with Crippen molar-refractivity contribution in [2.24, 2.45) is 7.05 Å². The highest BCUT2D eigenvalue weighted by Gasteiger charge is 2.35. The summed E-state index contributed by atoms with van der Waals surface area (Å²) >= 11 is 5.90. The second-order valence-electron chi connectivity index (χ2n) is 6.32. The number of amides is 1. The van der Waals surface area contributed by atoms with Gasteiger partial charge in [0.05, 0.1) is 10.5 Å². The Balaban J connectivity index is 1.93. The van der Waals surface area contributed by atoms with Crippen molar-refractivity contribution < 1.29 is 18.0 Å². The molecule has 2 aromatic heterocycles. The molecule has 0 radical (unpaired) electrons. The first-order chi connectivity index (χ1) is 13.1. The van der Waals surface area contributed by atoms with Crippen molar-refractivity contribution in [1.29, 1.82) is 0 Å². The minimum atomic E-state index is -4.72. The van der Waals surface area contributed by atoms with Gasteiger partial charge in [0.1, 0.15) is 5.69 Å². The third-order valence-electron chi connectivity index (χ3n) is 4.18. The number of hydrogen-bond donors (Lipinski definition) is 1. The first-order valence-electron chi connectivity index (χ1n) is 8.26. The van der Waals surface area contributed by atoms with E-state index in [0.29, 0.717) is 6.07 Å². The summed E-state index contributed by atoms with van der Waals surface area (Å²) in [7, 11) is 1.59. The van der Waals surface area contributed by atoms with Gasteiger partial charge in [0, 0.05) is 37.8 Å². The molecule has 6 nitrogen and oxygen atoms in total. The quantitative estimate of drug-likeness (QED) is 0.715. The van der Waals surface area contributed by atoms with Crippen LogP contribution in [0.15, 0.2) is 35.3 Å². The fourth-order valence-corrected chi connectivity index (χ4v) is 3.21. The van der Waals surface area contributed by atoms with E-state index in [-0.39, 0.29) is 34.7 Å². The topological polar surface area (TPSA) is 68.9 Å². The average molecular weight is 413 g/mol. The zero-order chi connectivity index (χ0) is 20.6. The molecule has 3 rings (SSSR count). The Kier molecular flexibility index (Phi) is 5.20. The second-order valence-corrected chi connectivity index (χ2v) is 6.73. The van der Waals surface area contributed by atoms with Gasteiger partial charge in [0.25, 0.3) is 5.91 Å². The second kappa shape index (κ2) is 7.31. The van der Waals surface area contributed by atoms with E-state index in [1.807, 2.05) is 0 Å². The van der Waals surface area contributed by atoms with E-state index in [4.69, 9.17) is 11.6 Å². The number of halogens is 4. The van der Waals surface area contributed by atoms with Gasteiger partial charge in [-0.25, -0.2) is 0 Å². The molecule has 0 fully saturated rings. The molecule has 148 valence electrons. The number of rotatable bonds is 4. The Labute approximate surface area is 162 Å². The normalized spacial score (nSPS) is 11.8. The van der Waals surface area contributed by atoms with Crippen molar-refractivity contribution in [2.75, 3.05) is 6.54 Å².